The van der Waals surface area contributed by atoms with Crippen LogP contribution in [0.2, 0.25) is 0 Å². The van der Waals surface area contributed by atoms with Crippen molar-refractivity contribution in [3.05, 3.63) is 28.9 Å². The monoisotopic (exact) mass is 330 g/mol. The first-order chi connectivity index (χ1) is 11.6. The number of fused-ring (bicyclic) bond motifs is 1. The highest BCUT2D eigenvalue weighted by Crippen LogP contribution is 2.43. The van der Waals surface area contributed by atoms with Crippen molar-refractivity contribution in [2.75, 3.05) is 18.5 Å². The van der Waals surface area contributed by atoms with Gasteiger partial charge in [-0.25, -0.2) is 9.97 Å². The summed E-state index contributed by atoms with van der Waals surface area (Å²) >= 11 is 0. The van der Waals surface area contributed by atoms with Gasteiger partial charge in [-0.3, -0.25) is 4.79 Å². The van der Waals surface area contributed by atoms with Crippen LogP contribution in [-0.2, 0) is 9.47 Å². The highest BCUT2D eigenvalue weighted by molar-refractivity contribution is 5.78. The number of aromatic amines is 1. The van der Waals surface area contributed by atoms with Gasteiger partial charge in [0, 0.05) is 12.5 Å². The van der Waals surface area contributed by atoms with Crippen molar-refractivity contribution >= 4 is 16.7 Å². The Kier molecular flexibility index (Phi) is 3.77. The second-order valence-corrected chi connectivity index (χ2v) is 6.85. The highest BCUT2D eigenvalue weighted by Gasteiger charge is 2.51. The largest absolute Gasteiger partial charge is 0.375 e. The minimum Gasteiger partial charge on any atom is -0.375 e. The molecule has 4 heterocycles. The number of anilines is 1. The normalized spacial score (nSPS) is 32.7. The van der Waals surface area contributed by atoms with Crippen LogP contribution in [0, 0.1) is 5.92 Å². The zero-order valence-corrected chi connectivity index (χ0v) is 13.9. The molecule has 0 saturated carbocycles. The summed E-state index contributed by atoms with van der Waals surface area (Å²) in [6.45, 7) is 5.66. The lowest BCUT2D eigenvalue weighted by molar-refractivity contribution is -0.0574. The maximum atomic E-state index is 11.8. The molecule has 4 rings (SSSR count). The van der Waals surface area contributed by atoms with Crippen LogP contribution in [0.4, 0.5) is 5.82 Å². The number of H-pyrrole nitrogens is 1. The van der Waals surface area contributed by atoms with E-state index in [0.717, 1.165) is 12.8 Å². The van der Waals surface area contributed by atoms with E-state index in [9.17, 15) is 4.79 Å². The number of pyridine rings is 1. The van der Waals surface area contributed by atoms with Gasteiger partial charge in [-0.15, -0.1) is 0 Å². The molecule has 0 radical (unpaired) electrons. The summed E-state index contributed by atoms with van der Waals surface area (Å²) in [4.78, 5) is 22.8. The topological polar surface area (TPSA) is 89.1 Å². The van der Waals surface area contributed by atoms with Crippen molar-refractivity contribution in [2.45, 2.75) is 44.5 Å². The molecule has 0 aliphatic carbocycles. The van der Waals surface area contributed by atoms with Crippen LogP contribution < -0.4 is 10.9 Å². The molecule has 2 saturated heterocycles. The van der Waals surface area contributed by atoms with Crippen LogP contribution in [-0.4, -0.2) is 45.9 Å². The molecule has 1 spiro atoms. The first-order valence-electron chi connectivity index (χ1n) is 8.44. The molecule has 2 aliphatic rings. The molecule has 128 valence electrons. The summed E-state index contributed by atoms with van der Waals surface area (Å²) < 4.78 is 12.1. The van der Waals surface area contributed by atoms with E-state index >= 15 is 0 Å². The standard InChI is InChI=1S/C17H22N4O3/c1-10-11(2)23-8-17(10)4-3-12(24-17)6-18-15-5-13-14(7-19-15)20-9-21-16(13)22/h5,7,9-12H,3-4,6,8H2,1-2H3,(H,18,19)(H,20,21,22). The zero-order valence-electron chi connectivity index (χ0n) is 13.9. The molecule has 7 nitrogen and oxygen atoms in total. The maximum Gasteiger partial charge on any atom is 0.258 e. The van der Waals surface area contributed by atoms with Gasteiger partial charge in [-0.05, 0) is 25.8 Å². The molecular weight excluding hydrogens is 308 g/mol. The lowest BCUT2D eigenvalue weighted by atomic mass is 9.86. The fraction of sp³-hybridized carbons (Fsp3) is 0.588. The Morgan fingerprint density at radius 2 is 2.29 bits per heavy atom. The second-order valence-electron chi connectivity index (χ2n) is 6.85. The van der Waals surface area contributed by atoms with E-state index in [1.54, 1.807) is 12.3 Å². The lowest BCUT2D eigenvalue weighted by Crippen LogP contribution is -2.38. The van der Waals surface area contributed by atoms with Gasteiger partial charge in [0.05, 0.1) is 47.8 Å². The molecule has 2 aromatic rings. The summed E-state index contributed by atoms with van der Waals surface area (Å²) in [6, 6.07) is 1.73. The third-order valence-corrected chi connectivity index (χ3v) is 5.45. The van der Waals surface area contributed by atoms with Crippen LogP contribution in [0.15, 0.2) is 23.4 Å². The van der Waals surface area contributed by atoms with Crippen molar-refractivity contribution in [2.24, 2.45) is 5.92 Å². The van der Waals surface area contributed by atoms with E-state index in [2.05, 4.69) is 34.1 Å². The van der Waals surface area contributed by atoms with Gasteiger partial charge >= 0.3 is 0 Å². The molecule has 7 heteroatoms. The van der Waals surface area contributed by atoms with E-state index in [-0.39, 0.29) is 23.4 Å². The molecule has 0 aromatic carbocycles. The van der Waals surface area contributed by atoms with Crippen LogP contribution in [0.3, 0.4) is 0 Å². The number of nitrogens with zero attached hydrogens (tertiary/aromatic N) is 2. The Morgan fingerprint density at radius 3 is 3.08 bits per heavy atom. The molecule has 0 amide bonds. The lowest BCUT2D eigenvalue weighted by Gasteiger charge is -2.28. The molecule has 2 aromatic heterocycles. The summed E-state index contributed by atoms with van der Waals surface area (Å²) in [5, 5.41) is 3.81. The molecule has 2 N–H and O–H groups in total. The summed E-state index contributed by atoms with van der Waals surface area (Å²) in [6.07, 6.45) is 5.40. The second kappa shape index (κ2) is 5.82. The van der Waals surface area contributed by atoms with Crippen LogP contribution >= 0.6 is 0 Å². The molecule has 0 bridgehead atoms. The van der Waals surface area contributed by atoms with Gasteiger partial charge in [-0.2, -0.15) is 0 Å². The van der Waals surface area contributed by atoms with Gasteiger partial charge in [-0.1, -0.05) is 6.92 Å². The Balaban J connectivity index is 1.43. The molecule has 24 heavy (non-hydrogen) atoms. The predicted molar refractivity (Wildman–Crippen MR) is 90.1 cm³/mol. The fourth-order valence-corrected chi connectivity index (χ4v) is 3.70. The summed E-state index contributed by atoms with van der Waals surface area (Å²) in [5.74, 6) is 1.07. The minimum absolute atomic E-state index is 0.131. The SMILES string of the molecule is CC1OCC2(CCC(CNc3cc4c(=O)[nH]cnc4cn3)O2)C1C. The minimum atomic E-state index is -0.160. The number of rotatable bonds is 3. The first-order valence-corrected chi connectivity index (χ1v) is 8.44. The number of hydrogen-bond acceptors (Lipinski definition) is 6. The number of ether oxygens (including phenoxy) is 2. The van der Waals surface area contributed by atoms with Gasteiger partial charge in [0.2, 0.25) is 0 Å². The van der Waals surface area contributed by atoms with Crippen molar-refractivity contribution in [1.82, 2.24) is 15.0 Å². The van der Waals surface area contributed by atoms with Crippen molar-refractivity contribution in [3.63, 3.8) is 0 Å². The van der Waals surface area contributed by atoms with Gasteiger partial charge in [0.1, 0.15) is 5.82 Å². The average molecular weight is 330 g/mol. The molecule has 4 atom stereocenters. The molecular formula is C17H22N4O3. The predicted octanol–water partition coefficient (Wildman–Crippen LogP) is 1.70. The van der Waals surface area contributed by atoms with Gasteiger partial charge in [0.15, 0.2) is 0 Å². The van der Waals surface area contributed by atoms with Crippen molar-refractivity contribution in [1.29, 1.82) is 0 Å². The van der Waals surface area contributed by atoms with E-state index in [0.29, 0.717) is 35.8 Å². The first kappa shape index (κ1) is 15.5. The van der Waals surface area contributed by atoms with Crippen LogP contribution in [0.25, 0.3) is 10.9 Å². The van der Waals surface area contributed by atoms with Crippen molar-refractivity contribution in [3.8, 4) is 0 Å². The van der Waals surface area contributed by atoms with E-state index < -0.39 is 0 Å². The molecule has 2 fully saturated rings. The number of nitrogens with one attached hydrogen (secondary N) is 2. The number of hydrogen-bond donors (Lipinski definition) is 2. The quantitative estimate of drug-likeness (QED) is 0.890. The Morgan fingerprint density at radius 1 is 1.42 bits per heavy atom. The Labute approximate surface area is 139 Å². The average Bonchev–Trinajstić information content (AvgIpc) is 3.13. The summed E-state index contributed by atoms with van der Waals surface area (Å²) in [7, 11) is 0. The Hall–Kier alpha value is -1.99. The van der Waals surface area contributed by atoms with E-state index in [4.69, 9.17) is 9.47 Å². The van der Waals surface area contributed by atoms with Crippen molar-refractivity contribution < 1.29 is 9.47 Å². The fourth-order valence-electron chi connectivity index (χ4n) is 3.70. The maximum absolute atomic E-state index is 11.8. The summed E-state index contributed by atoms with van der Waals surface area (Å²) in [5.41, 5.74) is 0.294. The van der Waals surface area contributed by atoms with Crippen LogP contribution in [0.1, 0.15) is 26.7 Å². The van der Waals surface area contributed by atoms with E-state index in [1.165, 1.54) is 6.33 Å². The smallest absolute Gasteiger partial charge is 0.258 e. The molecule has 2 aliphatic heterocycles. The third-order valence-electron chi connectivity index (χ3n) is 5.45. The van der Waals surface area contributed by atoms with Gasteiger partial charge in [0.25, 0.3) is 5.56 Å². The Bertz CT molecular complexity index is 808. The highest BCUT2D eigenvalue weighted by atomic mass is 16.6. The third kappa shape index (κ3) is 2.57. The van der Waals surface area contributed by atoms with Gasteiger partial charge < -0.3 is 19.8 Å². The zero-order chi connectivity index (χ0) is 16.7. The van der Waals surface area contributed by atoms with E-state index in [1.807, 2.05) is 0 Å². The van der Waals surface area contributed by atoms with Crippen LogP contribution in [0.5, 0.6) is 0 Å². The number of aromatic nitrogens is 3. The molecule has 4 unspecified atom stereocenters.